The quantitative estimate of drug-likeness (QED) is 0.845. The molecule has 6 nitrogen and oxygen atoms in total. The van der Waals surface area contributed by atoms with Gasteiger partial charge in [0.1, 0.15) is 17.8 Å². The highest BCUT2D eigenvalue weighted by atomic mass is 19.4. The van der Waals surface area contributed by atoms with E-state index in [4.69, 9.17) is 4.42 Å². The number of aromatic nitrogens is 2. The fourth-order valence-electron chi connectivity index (χ4n) is 2.37. The van der Waals surface area contributed by atoms with E-state index in [2.05, 4.69) is 9.97 Å². The van der Waals surface area contributed by atoms with Crippen molar-refractivity contribution < 1.29 is 22.4 Å². The summed E-state index contributed by atoms with van der Waals surface area (Å²) in [6.45, 7) is 1.54. The van der Waals surface area contributed by atoms with Crippen LogP contribution in [0.25, 0.3) is 0 Å². The number of furan rings is 1. The monoisotopic (exact) mass is 326 g/mol. The summed E-state index contributed by atoms with van der Waals surface area (Å²) in [7, 11) is 0. The minimum Gasteiger partial charge on any atom is -0.459 e. The summed E-state index contributed by atoms with van der Waals surface area (Å²) in [5, 5.41) is 0. The van der Waals surface area contributed by atoms with E-state index in [-0.39, 0.29) is 17.5 Å². The lowest BCUT2D eigenvalue weighted by molar-refractivity contribution is -0.141. The Bertz CT molecular complexity index is 680. The van der Waals surface area contributed by atoms with Crippen molar-refractivity contribution in [3.05, 3.63) is 42.2 Å². The molecular formula is C14H13F3N4O2. The van der Waals surface area contributed by atoms with Crippen molar-refractivity contribution in [3.63, 3.8) is 0 Å². The Morgan fingerprint density at radius 2 is 1.91 bits per heavy atom. The van der Waals surface area contributed by atoms with E-state index in [1.807, 2.05) is 0 Å². The van der Waals surface area contributed by atoms with Gasteiger partial charge < -0.3 is 14.2 Å². The highest BCUT2D eigenvalue weighted by molar-refractivity contribution is 5.91. The molecule has 0 spiro atoms. The molecular weight excluding hydrogens is 313 g/mol. The number of halogens is 3. The summed E-state index contributed by atoms with van der Waals surface area (Å²) in [5.41, 5.74) is -0.975. The SMILES string of the molecule is O=C(c1ccco1)N1CCN(c2cc(C(F)(F)F)ncn2)CC1. The van der Waals surface area contributed by atoms with Crippen molar-refractivity contribution in [2.45, 2.75) is 6.18 Å². The van der Waals surface area contributed by atoms with Crippen LogP contribution in [0, 0.1) is 0 Å². The zero-order chi connectivity index (χ0) is 16.4. The van der Waals surface area contributed by atoms with Gasteiger partial charge in [-0.15, -0.1) is 0 Å². The lowest BCUT2D eigenvalue weighted by atomic mass is 10.2. The molecule has 0 radical (unpaired) electrons. The predicted octanol–water partition coefficient (Wildman–Crippen LogP) is 2.05. The van der Waals surface area contributed by atoms with Gasteiger partial charge in [0.25, 0.3) is 5.91 Å². The van der Waals surface area contributed by atoms with Gasteiger partial charge in [-0.1, -0.05) is 0 Å². The minimum absolute atomic E-state index is 0.206. The van der Waals surface area contributed by atoms with Gasteiger partial charge in [-0.05, 0) is 12.1 Å². The summed E-state index contributed by atoms with van der Waals surface area (Å²) >= 11 is 0. The Morgan fingerprint density at radius 3 is 2.52 bits per heavy atom. The Balaban J connectivity index is 1.66. The summed E-state index contributed by atoms with van der Waals surface area (Å²) in [5.74, 6) is 0.227. The maximum absolute atomic E-state index is 12.7. The number of hydrogen-bond donors (Lipinski definition) is 0. The highest BCUT2D eigenvalue weighted by Crippen LogP contribution is 2.29. The van der Waals surface area contributed by atoms with Crippen LogP contribution in [0.1, 0.15) is 16.2 Å². The zero-order valence-electron chi connectivity index (χ0n) is 12.0. The molecule has 9 heteroatoms. The number of amides is 1. The van der Waals surface area contributed by atoms with Crippen molar-refractivity contribution in [3.8, 4) is 0 Å². The van der Waals surface area contributed by atoms with Crippen molar-refractivity contribution in [2.75, 3.05) is 31.1 Å². The first-order valence-electron chi connectivity index (χ1n) is 6.92. The number of carbonyl (C=O) groups excluding carboxylic acids is 1. The van der Waals surface area contributed by atoms with Crippen LogP contribution in [0.3, 0.4) is 0 Å². The molecule has 0 N–H and O–H groups in total. The van der Waals surface area contributed by atoms with Gasteiger partial charge in [0.15, 0.2) is 5.76 Å². The molecule has 0 aliphatic carbocycles. The second-order valence-electron chi connectivity index (χ2n) is 5.02. The Kier molecular flexibility index (Phi) is 3.93. The number of alkyl halides is 3. The first-order valence-corrected chi connectivity index (χ1v) is 6.92. The van der Waals surface area contributed by atoms with Crippen LogP contribution in [0.2, 0.25) is 0 Å². The van der Waals surface area contributed by atoms with Crippen LogP contribution in [0.4, 0.5) is 19.0 Å². The van der Waals surface area contributed by atoms with E-state index >= 15 is 0 Å². The molecule has 23 heavy (non-hydrogen) atoms. The summed E-state index contributed by atoms with van der Waals surface area (Å²) in [6.07, 6.45) is -2.18. The van der Waals surface area contributed by atoms with Crippen LogP contribution >= 0.6 is 0 Å². The molecule has 1 saturated heterocycles. The molecule has 3 rings (SSSR count). The van der Waals surface area contributed by atoms with Crippen molar-refractivity contribution in [1.82, 2.24) is 14.9 Å². The van der Waals surface area contributed by atoms with Gasteiger partial charge in [-0.25, -0.2) is 9.97 Å². The molecule has 3 heterocycles. The molecule has 2 aromatic rings. The van der Waals surface area contributed by atoms with E-state index in [9.17, 15) is 18.0 Å². The van der Waals surface area contributed by atoms with Gasteiger partial charge >= 0.3 is 6.18 Å². The fraction of sp³-hybridized carbons (Fsp3) is 0.357. The number of anilines is 1. The lowest BCUT2D eigenvalue weighted by Crippen LogP contribution is -2.49. The lowest BCUT2D eigenvalue weighted by Gasteiger charge is -2.35. The molecule has 0 aromatic carbocycles. The van der Waals surface area contributed by atoms with E-state index in [0.717, 1.165) is 12.4 Å². The van der Waals surface area contributed by atoms with Crippen LogP contribution in [0.15, 0.2) is 35.2 Å². The summed E-state index contributed by atoms with van der Waals surface area (Å²) in [4.78, 5) is 22.6. The smallest absolute Gasteiger partial charge is 0.433 e. The van der Waals surface area contributed by atoms with Crippen molar-refractivity contribution in [1.29, 1.82) is 0 Å². The third-order valence-electron chi connectivity index (χ3n) is 3.57. The first-order chi connectivity index (χ1) is 10.9. The summed E-state index contributed by atoms with van der Waals surface area (Å²) < 4.78 is 43.1. The summed E-state index contributed by atoms with van der Waals surface area (Å²) in [6, 6.07) is 4.13. The molecule has 0 bridgehead atoms. The first kappa shape index (κ1) is 15.3. The number of piperazine rings is 1. The second-order valence-corrected chi connectivity index (χ2v) is 5.02. The standard InChI is InChI=1S/C14H13F3N4O2/c15-14(16,17)11-8-12(19-9-18-11)20-3-5-21(6-4-20)13(22)10-2-1-7-23-10/h1-2,7-9H,3-6H2. The van der Waals surface area contributed by atoms with Crippen molar-refractivity contribution in [2.24, 2.45) is 0 Å². The third-order valence-corrected chi connectivity index (χ3v) is 3.57. The molecule has 1 fully saturated rings. The van der Waals surface area contributed by atoms with Gasteiger partial charge in [0.2, 0.25) is 0 Å². The molecule has 0 atom stereocenters. The minimum atomic E-state index is -4.51. The van der Waals surface area contributed by atoms with Crippen LogP contribution < -0.4 is 4.90 Å². The van der Waals surface area contributed by atoms with E-state index < -0.39 is 11.9 Å². The number of rotatable bonds is 2. The number of carbonyl (C=O) groups is 1. The Labute approximate surface area is 129 Å². The fourth-order valence-corrected chi connectivity index (χ4v) is 2.37. The molecule has 2 aromatic heterocycles. The maximum Gasteiger partial charge on any atom is 0.433 e. The molecule has 122 valence electrons. The van der Waals surface area contributed by atoms with Crippen LogP contribution in [-0.4, -0.2) is 47.0 Å². The van der Waals surface area contributed by atoms with Gasteiger partial charge in [-0.2, -0.15) is 13.2 Å². The maximum atomic E-state index is 12.7. The molecule has 1 amide bonds. The largest absolute Gasteiger partial charge is 0.459 e. The van der Waals surface area contributed by atoms with Crippen LogP contribution in [-0.2, 0) is 6.18 Å². The van der Waals surface area contributed by atoms with E-state index in [1.165, 1.54) is 6.26 Å². The predicted molar refractivity (Wildman–Crippen MR) is 73.9 cm³/mol. The molecule has 1 aliphatic heterocycles. The van der Waals surface area contributed by atoms with Gasteiger partial charge in [0.05, 0.1) is 6.26 Å². The van der Waals surface area contributed by atoms with Crippen LogP contribution in [0.5, 0.6) is 0 Å². The topological polar surface area (TPSA) is 62.5 Å². The van der Waals surface area contributed by atoms with E-state index in [1.54, 1.807) is 21.9 Å². The average Bonchev–Trinajstić information content (AvgIpc) is 3.08. The number of nitrogens with zero attached hydrogens (tertiary/aromatic N) is 4. The van der Waals surface area contributed by atoms with Gasteiger partial charge in [-0.3, -0.25) is 4.79 Å². The van der Waals surface area contributed by atoms with Crippen molar-refractivity contribution >= 4 is 11.7 Å². The Hall–Kier alpha value is -2.58. The van der Waals surface area contributed by atoms with E-state index in [0.29, 0.717) is 26.2 Å². The molecule has 0 unspecified atom stereocenters. The average molecular weight is 326 g/mol. The van der Waals surface area contributed by atoms with Gasteiger partial charge in [0, 0.05) is 32.2 Å². The Morgan fingerprint density at radius 1 is 1.17 bits per heavy atom. The zero-order valence-corrected chi connectivity index (χ0v) is 12.0. The third kappa shape index (κ3) is 3.27. The second kappa shape index (κ2) is 5.90. The molecule has 1 aliphatic rings. The normalized spacial score (nSPS) is 15.8. The molecule has 0 saturated carbocycles. The highest BCUT2D eigenvalue weighted by Gasteiger charge is 2.33. The number of hydrogen-bond acceptors (Lipinski definition) is 5.